The molecule has 0 spiro atoms. The number of benzene rings is 2. The Kier molecular flexibility index (Phi) is 3.24. The van der Waals surface area contributed by atoms with E-state index >= 15 is 0 Å². The number of nitrogens with zero attached hydrogens (tertiary/aromatic N) is 1. The second-order valence-corrected chi connectivity index (χ2v) is 4.13. The molecule has 0 unspecified atom stereocenters. The van der Waals surface area contributed by atoms with Crippen LogP contribution < -0.4 is 5.73 Å². The lowest BCUT2D eigenvalue weighted by Gasteiger charge is -2.04. The van der Waals surface area contributed by atoms with E-state index in [0.717, 1.165) is 11.3 Å². The lowest BCUT2D eigenvalue weighted by Crippen LogP contribution is -2.13. The number of nitrogens with two attached hydrogens (primary N) is 1. The Labute approximate surface area is 102 Å². The molecular formula is C15H16N2. The molecule has 0 saturated heterocycles. The standard InChI is InChI=1S/C15H16N2/c1-11-8-9-13(10-12(11)2)15(16)17-14-6-4-3-5-7-14/h3-10H,1-2H3,(H2,16,17). The van der Waals surface area contributed by atoms with Gasteiger partial charge in [0.1, 0.15) is 5.84 Å². The van der Waals surface area contributed by atoms with Crippen LogP contribution in [0.2, 0.25) is 0 Å². The summed E-state index contributed by atoms with van der Waals surface area (Å²) in [6, 6.07) is 15.9. The SMILES string of the molecule is Cc1ccc(C(N)=Nc2ccccc2)cc1C. The molecular weight excluding hydrogens is 208 g/mol. The predicted octanol–water partition coefficient (Wildman–Crippen LogP) is 3.34. The van der Waals surface area contributed by atoms with Gasteiger partial charge < -0.3 is 5.73 Å². The van der Waals surface area contributed by atoms with Crippen molar-refractivity contribution < 1.29 is 0 Å². The van der Waals surface area contributed by atoms with E-state index in [9.17, 15) is 0 Å². The Bertz CT molecular complexity index is 542. The average Bonchev–Trinajstić information content (AvgIpc) is 2.34. The summed E-state index contributed by atoms with van der Waals surface area (Å²) in [6.45, 7) is 4.16. The van der Waals surface area contributed by atoms with Crippen LogP contribution in [-0.4, -0.2) is 5.84 Å². The van der Waals surface area contributed by atoms with Gasteiger partial charge in [-0.3, -0.25) is 0 Å². The average molecular weight is 224 g/mol. The van der Waals surface area contributed by atoms with Gasteiger partial charge >= 0.3 is 0 Å². The zero-order valence-corrected chi connectivity index (χ0v) is 10.1. The third kappa shape index (κ3) is 2.72. The molecule has 0 bridgehead atoms. The van der Waals surface area contributed by atoms with E-state index in [4.69, 9.17) is 5.73 Å². The first-order valence-corrected chi connectivity index (χ1v) is 5.63. The molecule has 2 rings (SSSR count). The highest BCUT2D eigenvalue weighted by atomic mass is 14.9. The van der Waals surface area contributed by atoms with Gasteiger partial charge in [0.25, 0.3) is 0 Å². The minimum absolute atomic E-state index is 0.555. The Morgan fingerprint density at radius 3 is 2.29 bits per heavy atom. The minimum Gasteiger partial charge on any atom is -0.383 e. The second kappa shape index (κ2) is 4.83. The first-order valence-electron chi connectivity index (χ1n) is 5.63. The van der Waals surface area contributed by atoms with Gasteiger partial charge in [-0.25, -0.2) is 4.99 Å². The fourth-order valence-corrected chi connectivity index (χ4v) is 1.61. The van der Waals surface area contributed by atoms with Gasteiger partial charge in [0.2, 0.25) is 0 Å². The highest BCUT2D eigenvalue weighted by molar-refractivity contribution is 5.99. The van der Waals surface area contributed by atoms with Gasteiger partial charge in [-0.05, 0) is 43.2 Å². The maximum Gasteiger partial charge on any atom is 0.131 e. The van der Waals surface area contributed by atoms with Crippen molar-refractivity contribution in [1.82, 2.24) is 0 Å². The zero-order chi connectivity index (χ0) is 12.3. The molecule has 2 aromatic carbocycles. The van der Waals surface area contributed by atoms with Crippen LogP contribution in [-0.2, 0) is 0 Å². The Morgan fingerprint density at radius 2 is 1.65 bits per heavy atom. The molecule has 0 radical (unpaired) electrons. The molecule has 0 aliphatic carbocycles. The zero-order valence-electron chi connectivity index (χ0n) is 10.1. The number of hydrogen-bond acceptors (Lipinski definition) is 1. The molecule has 2 heteroatoms. The molecule has 0 aliphatic rings. The summed E-state index contributed by atoms with van der Waals surface area (Å²) < 4.78 is 0. The van der Waals surface area contributed by atoms with Crippen LogP contribution in [0.5, 0.6) is 0 Å². The van der Waals surface area contributed by atoms with Gasteiger partial charge in [0.15, 0.2) is 0 Å². The first kappa shape index (κ1) is 11.4. The molecule has 0 aromatic heterocycles. The van der Waals surface area contributed by atoms with E-state index in [-0.39, 0.29) is 0 Å². The molecule has 0 heterocycles. The van der Waals surface area contributed by atoms with E-state index in [1.807, 2.05) is 36.4 Å². The normalized spacial score (nSPS) is 11.5. The second-order valence-electron chi connectivity index (χ2n) is 4.13. The monoisotopic (exact) mass is 224 g/mol. The topological polar surface area (TPSA) is 38.4 Å². The summed E-state index contributed by atoms with van der Waals surface area (Å²) in [6.07, 6.45) is 0. The van der Waals surface area contributed by atoms with Gasteiger partial charge in [-0.15, -0.1) is 0 Å². The van der Waals surface area contributed by atoms with E-state index in [1.54, 1.807) is 0 Å². The third-order valence-corrected chi connectivity index (χ3v) is 2.81. The van der Waals surface area contributed by atoms with E-state index in [0.29, 0.717) is 5.84 Å². The number of para-hydroxylation sites is 1. The summed E-state index contributed by atoms with van der Waals surface area (Å²) in [5, 5.41) is 0. The largest absolute Gasteiger partial charge is 0.383 e. The first-order chi connectivity index (χ1) is 8.16. The summed E-state index contributed by atoms with van der Waals surface area (Å²) in [4.78, 5) is 4.39. The van der Waals surface area contributed by atoms with Crippen LogP contribution >= 0.6 is 0 Å². The quantitative estimate of drug-likeness (QED) is 0.616. The van der Waals surface area contributed by atoms with Crippen molar-refractivity contribution in [1.29, 1.82) is 0 Å². The van der Waals surface area contributed by atoms with Crippen molar-refractivity contribution in [2.45, 2.75) is 13.8 Å². The lowest BCUT2D eigenvalue weighted by molar-refractivity contribution is 1.32. The summed E-state index contributed by atoms with van der Waals surface area (Å²) in [7, 11) is 0. The van der Waals surface area contributed by atoms with Crippen LogP contribution in [0.25, 0.3) is 0 Å². The molecule has 0 fully saturated rings. The Morgan fingerprint density at radius 1 is 0.941 bits per heavy atom. The molecule has 2 aromatic rings. The van der Waals surface area contributed by atoms with Crippen molar-refractivity contribution in [2.24, 2.45) is 10.7 Å². The number of hydrogen-bond donors (Lipinski definition) is 1. The van der Waals surface area contributed by atoms with E-state index < -0.39 is 0 Å². The van der Waals surface area contributed by atoms with Crippen LogP contribution in [0.3, 0.4) is 0 Å². The Hall–Kier alpha value is -2.09. The molecule has 2 nitrogen and oxygen atoms in total. The smallest absolute Gasteiger partial charge is 0.131 e. The number of rotatable bonds is 2. The fraction of sp³-hybridized carbons (Fsp3) is 0.133. The van der Waals surface area contributed by atoms with Crippen molar-refractivity contribution in [2.75, 3.05) is 0 Å². The van der Waals surface area contributed by atoms with E-state index in [1.165, 1.54) is 11.1 Å². The highest BCUT2D eigenvalue weighted by Gasteiger charge is 2.00. The summed E-state index contributed by atoms with van der Waals surface area (Å²) in [5.41, 5.74) is 10.3. The molecule has 2 N–H and O–H groups in total. The maximum atomic E-state index is 6.00. The van der Waals surface area contributed by atoms with Crippen molar-refractivity contribution in [3.63, 3.8) is 0 Å². The molecule has 0 amide bonds. The molecule has 86 valence electrons. The highest BCUT2D eigenvalue weighted by Crippen LogP contribution is 2.13. The van der Waals surface area contributed by atoms with Crippen molar-refractivity contribution in [3.8, 4) is 0 Å². The van der Waals surface area contributed by atoms with Gasteiger partial charge in [-0.2, -0.15) is 0 Å². The maximum absolute atomic E-state index is 6.00. The third-order valence-electron chi connectivity index (χ3n) is 2.81. The predicted molar refractivity (Wildman–Crippen MR) is 72.7 cm³/mol. The fourth-order valence-electron chi connectivity index (χ4n) is 1.61. The van der Waals surface area contributed by atoms with Crippen LogP contribution in [0, 0.1) is 13.8 Å². The van der Waals surface area contributed by atoms with Gasteiger partial charge in [0.05, 0.1) is 5.69 Å². The summed E-state index contributed by atoms with van der Waals surface area (Å²) >= 11 is 0. The van der Waals surface area contributed by atoms with E-state index in [2.05, 4.69) is 31.0 Å². The number of amidine groups is 1. The van der Waals surface area contributed by atoms with Gasteiger partial charge in [-0.1, -0.05) is 30.3 Å². The molecule has 0 saturated carbocycles. The molecule has 0 aliphatic heterocycles. The number of aliphatic imine (C=N–C) groups is 1. The van der Waals surface area contributed by atoms with Crippen LogP contribution in [0.15, 0.2) is 53.5 Å². The van der Waals surface area contributed by atoms with Crippen LogP contribution in [0.1, 0.15) is 16.7 Å². The molecule has 17 heavy (non-hydrogen) atoms. The lowest BCUT2D eigenvalue weighted by atomic mass is 10.1. The van der Waals surface area contributed by atoms with Crippen molar-refractivity contribution in [3.05, 3.63) is 65.2 Å². The minimum atomic E-state index is 0.555. The van der Waals surface area contributed by atoms with Crippen LogP contribution in [0.4, 0.5) is 5.69 Å². The summed E-state index contributed by atoms with van der Waals surface area (Å²) in [5.74, 6) is 0.555. The molecule has 0 atom stereocenters. The number of aryl methyl sites for hydroxylation is 2. The van der Waals surface area contributed by atoms with Crippen molar-refractivity contribution >= 4 is 11.5 Å². The van der Waals surface area contributed by atoms with Gasteiger partial charge in [0, 0.05) is 5.56 Å². The Balaban J connectivity index is 2.34.